The Morgan fingerprint density at radius 1 is 1.10 bits per heavy atom. The summed E-state index contributed by atoms with van der Waals surface area (Å²) in [6.07, 6.45) is -3.58. The van der Waals surface area contributed by atoms with E-state index >= 15 is 0 Å². The van der Waals surface area contributed by atoms with Gasteiger partial charge in [0.1, 0.15) is 0 Å². The molecular weight excluding hydrogens is 301 g/mol. The van der Waals surface area contributed by atoms with Gasteiger partial charge in [0.2, 0.25) is 0 Å². The van der Waals surface area contributed by atoms with Crippen LogP contribution in [0.2, 0.25) is 0 Å². The number of hydrogen-bond donors (Lipinski definition) is 0. The molecule has 0 saturated carbocycles. The first kappa shape index (κ1) is 18.1. The molecule has 21 heavy (non-hydrogen) atoms. The number of halogens is 4. The van der Waals surface area contributed by atoms with Crippen LogP contribution in [0.3, 0.4) is 0 Å². The molecule has 6 heteroatoms. The van der Waals surface area contributed by atoms with Crippen LogP contribution in [-0.2, 0) is 12.1 Å². The van der Waals surface area contributed by atoms with E-state index in [0.29, 0.717) is 25.2 Å². The maximum Gasteiger partial charge on any atom is 0.418 e. The number of anilines is 1. The fourth-order valence-electron chi connectivity index (χ4n) is 2.11. The summed E-state index contributed by atoms with van der Waals surface area (Å²) < 4.78 is 39.9. The summed E-state index contributed by atoms with van der Waals surface area (Å²) in [4.78, 5) is 3.75. The summed E-state index contributed by atoms with van der Waals surface area (Å²) >= 11 is 5.66. The van der Waals surface area contributed by atoms with Crippen LogP contribution in [0.1, 0.15) is 24.5 Å². The van der Waals surface area contributed by atoms with E-state index in [1.165, 1.54) is 6.07 Å². The first-order valence-corrected chi connectivity index (χ1v) is 7.48. The van der Waals surface area contributed by atoms with Crippen LogP contribution >= 0.6 is 11.6 Å². The van der Waals surface area contributed by atoms with Crippen molar-refractivity contribution in [3.05, 3.63) is 29.3 Å². The van der Waals surface area contributed by atoms with E-state index in [2.05, 4.69) is 0 Å². The highest BCUT2D eigenvalue weighted by molar-refractivity contribution is 6.17. The topological polar surface area (TPSA) is 6.48 Å². The van der Waals surface area contributed by atoms with Gasteiger partial charge in [-0.05, 0) is 38.2 Å². The summed E-state index contributed by atoms with van der Waals surface area (Å²) in [6, 6.07) is 4.35. The quantitative estimate of drug-likeness (QED) is 0.693. The Balaban J connectivity index is 3.16. The molecule has 0 heterocycles. The second-order valence-corrected chi connectivity index (χ2v) is 5.54. The average molecular weight is 323 g/mol. The summed E-state index contributed by atoms with van der Waals surface area (Å²) in [6.45, 7) is 3.82. The zero-order valence-electron chi connectivity index (χ0n) is 12.7. The molecule has 2 nitrogen and oxygen atoms in total. The minimum absolute atomic E-state index is 0.0782. The van der Waals surface area contributed by atoms with E-state index in [1.807, 2.05) is 25.9 Å². The van der Waals surface area contributed by atoms with Crippen molar-refractivity contribution in [1.82, 2.24) is 4.90 Å². The molecule has 0 fully saturated rings. The highest BCUT2D eigenvalue weighted by atomic mass is 35.5. The normalized spacial score (nSPS) is 12.0. The second kappa shape index (κ2) is 7.90. The molecule has 0 bridgehead atoms. The smallest absolute Gasteiger partial charge is 0.370 e. The highest BCUT2D eigenvalue weighted by Gasteiger charge is 2.35. The van der Waals surface area contributed by atoms with Gasteiger partial charge >= 0.3 is 6.18 Å². The predicted molar refractivity (Wildman–Crippen MR) is 82.1 cm³/mol. The zero-order chi connectivity index (χ0) is 16.0. The molecule has 0 saturated heterocycles. The monoisotopic (exact) mass is 322 g/mol. The van der Waals surface area contributed by atoms with Crippen molar-refractivity contribution in [2.24, 2.45) is 0 Å². The standard InChI is InChI=1S/C15H22ClF3N2/c1-4-7-21(9-8-20(2)3)14-6-5-12(11-16)10-13(14)15(17,18)19/h5-6,10H,4,7-9,11H2,1-3H3. The van der Waals surface area contributed by atoms with E-state index < -0.39 is 11.7 Å². The van der Waals surface area contributed by atoms with Gasteiger partial charge in [0.15, 0.2) is 0 Å². The van der Waals surface area contributed by atoms with Crippen molar-refractivity contribution >= 4 is 17.3 Å². The number of rotatable bonds is 7. The van der Waals surface area contributed by atoms with Crippen molar-refractivity contribution in [3.63, 3.8) is 0 Å². The van der Waals surface area contributed by atoms with Crippen molar-refractivity contribution in [2.45, 2.75) is 25.4 Å². The molecule has 1 rings (SSSR count). The zero-order valence-corrected chi connectivity index (χ0v) is 13.4. The molecule has 0 radical (unpaired) electrons. The van der Waals surface area contributed by atoms with Crippen molar-refractivity contribution in [1.29, 1.82) is 0 Å². The molecule has 0 aliphatic carbocycles. The molecule has 0 unspecified atom stereocenters. The third-order valence-electron chi connectivity index (χ3n) is 3.17. The average Bonchev–Trinajstić information content (AvgIpc) is 2.41. The van der Waals surface area contributed by atoms with E-state index in [9.17, 15) is 13.2 Å². The number of likely N-dealkylation sites (N-methyl/N-ethyl adjacent to an activating group) is 1. The van der Waals surface area contributed by atoms with Gasteiger partial charge in [0.05, 0.1) is 5.56 Å². The van der Waals surface area contributed by atoms with Gasteiger partial charge in [0.25, 0.3) is 0 Å². The Kier molecular flexibility index (Phi) is 6.81. The van der Waals surface area contributed by atoms with E-state index in [-0.39, 0.29) is 11.6 Å². The largest absolute Gasteiger partial charge is 0.418 e. The van der Waals surface area contributed by atoms with Crippen LogP contribution in [0.25, 0.3) is 0 Å². The predicted octanol–water partition coefficient (Wildman–Crippen LogP) is 4.22. The van der Waals surface area contributed by atoms with Crippen LogP contribution in [0.4, 0.5) is 18.9 Å². The molecule has 0 aromatic heterocycles. The second-order valence-electron chi connectivity index (χ2n) is 5.27. The van der Waals surface area contributed by atoms with Crippen LogP contribution in [0, 0.1) is 0 Å². The molecule has 0 aliphatic heterocycles. The minimum Gasteiger partial charge on any atom is -0.370 e. The molecule has 0 N–H and O–H groups in total. The Morgan fingerprint density at radius 2 is 1.76 bits per heavy atom. The third kappa shape index (κ3) is 5.40. The van der Waals surface area contributed by atoms with Crippen LogP contribution in [0.5, 0.6) is 0 Å². The molecule has 0 atom stereocenters. The van der Waals surface area contributed by atoms with Gasteiger partial charge in [-0.3, -0.25) is 0 Å². The lowest BCUT2D eigenvalue weighted by Gasteiger charge is -2.29. The van der Waals surface area contributed by atoms with Gasteiger partial charge in [0, 0.05) is 31.2 Å². The van der Waals surface area contributed by atoms with Crippen LogP contribution in [0.15, 0.2) is 18.2 Å². The Labute approximate surface area is 129 Å². The lowest BCUT2D eigenvalue weighted by Crippen LogP contribution is -2.33. The van der Waals surface area contributed by atoms with Gasteiger partial charge < -0.3 is 9.80 Å². The van der Waals surface area contributed by atoms with E-state index in [1.54, 1.807) is 11.0 Å². The number of nitrogens with zero attached hydrogens (tertiary/aromatic N) is 2. The number of benzene rings is 1. The first-order valence-electron chi connectivity index (χ1n) is 6.95. The molecule has 120 valence electrons. The maximum atomic E-state index is 13.3. The van der Waals surface area contributed by atoms with Gasteiger partial charge in [-0.2, -0.15) is 13.2 Å². The molecule has 0 spiro atoms. The van der Waals surface area contributed by atoms with E-state index in [4.69, 9.17) is 11.6 Å². The molecule has 0 amide bonds. The lowest BCUT2D eigenvalue weighted by molar-refractivity contribution is -0.137. The minimum atomic E-state index is -4.37. The third-order valence-corrected chi connectivity index (χ3v) is 3.48. The SMILES string of the molecule is CCCN(CCN(C)C)c1ccc(CCl)cc1C(F)(F)F. The van der Waals surface area contributed by atoms with Crippen molar-refractivity contribution in [3.8, 4) is 0 Å². The molecular formula is C15H22ClF3N2. The lowest BCUT2D eigenvalue weighted by atomic mass is 10.1. The summed E-state index contributed by atoms with van der Waals surface area (Å²) in [7, 11) is 3.82. The van der Waals surface area contributed by atoms with Gasteiger partial charge in [-0.15, -0.1) is 11.6 Å². The first-order chi connectivity index (χ1) is 9.79. The molecule has 0 aliphatic rings. The Morgan fingerprint density at radius 3 is 2.24 bits per heavy atom. The molecule has 1 aromatic rings. The number of hydrogen-bond acceptors (Lipinski definition) is 2. The fraction of sp³-hybridized carbons (Fsp3) is 0.600. The highest BCUT2D eigenvalue weighted by Crippen LogP contribution is 2.37. The van der Waals surface area contributed by atoms with Crippen LogP contribution in [-0.4, -0.2) is 38.6 Å². The van der Waals surface area contributed by atoms with Gasteiger partial charge in [-0.1, -0.05) is 13.0 Å². The Bertz CT molecular complexity index is 447. The maximum absolute atomic E-state index is 13.3. The summed E-state index contributed by atoms with van der Waals surface area (Å²) in [5.41, 5.74) is 0.115. The fourth-order valence-corrected chi connectivity index (χ4v) is 2.28. The summed E-state index contributed by atoms with van der Waals surface area (Å²) in [5, 5.41) is 0. The number of alkyl halides is 4. The molecule has 1 aromatic carbocycles. The van der Waals surface area contributed by atoms with Gasteiger partial charge in [-0.25, -0.2) is 0 Å². The van der Waals surface area contributed by atoms with Crippen molar-refractivity contribution in [2.75, 3.05) is 38.6 Å². The summed E-state index contributed by atoms with van der Waals surface area (Å²) in [5.74, 6) is 0.0782. The van der Waals surface area contributed by atoms with E-state index in [0.717, 1.165) is 12.5 Å². The van der Waals surface area contributed by atoms with Crippen LogP contribution < -0.4 is 4.90 Å². The Hall–Kier alpha value is -0.940. The van der Waals surface area contributed by atoms with Crippen molar-refractivity contribution < 1.29 is 13.2 Å².